The second kappa shape index (κ2) is 3.42. The van der Waals surface area contributed by atoms with E-state index in [1.54, 1.807) is 0 Å². The zero-order valence-corrected chi connectivity index (χ0v) is 8.41. The summed E-state index contributed by atoms with van der Waals surface area (Å²) in [6.07, 6.45) is 3.74. The molecule has 1 spiro atoms. The average molecular weight is 198 g/mol. The van der Waals surface area contributed by atoms with Crippen LogP contribution in [-0.2, 0) is 0 Å². The van der Waals surface area contributed by atoms with E-state index in [1.165, 1.54) is 17.7 Å². The van der Waals surface area contributed by atoms with E-state index >= 15 is 0 Å². The lowest BCUT2D eigenvalue weighted by Crippen LogP contribution is -2.49. The van der Waals surface area contributed by atoms with Crippen LogP contribution in [0.4, 0.5) is 4.79 Å². The van der Waals surface area contributed by atoms with Crippen molar-refractivity contribution in [1.82, 2.24) is 4.90 Å². The highest BCUT2D eigenvalue weighted by molar-refractivity contribution is 5.65. The van der Waals surface area contributed by atoms with Crippen LogP contribution in [-0.4, -0.2) is 35.7 Å². The first kappa shape index (κ1) is 9.77. The molecule has 14 heavy (non-hydrogen) atoms. The van der Waals surface area contributed by atoms with E-state index in [0.29, 0.717) is 24.4 Å². The molecule has 4 heteroatoms. The van der Waals surface area contributed by atoms with E-state index in [2.05, 4.69) is 0 Å². The van der Waals surface area contributed by atoms with Crippen molar-refractivity contribution in [3.63, 3.8) is 0 Å². The quantitative estimate of drug-likeness (QED) is 0.663. The van der Waals surface area contributed by atoms with Crippen LogP contribution in [0.5, 0.6) is 0 Å². The van der Waals surface area contributed by atoms with Crippen LogP contribution in [0, 0.1) is 11.3 Å². The van der Waals surface area contributed by atoms with Gasteiger partial charge < -0.3 is 15.7 Å². The van der Waals surface area contributed by atoms with E-state index in [4.69, 9.17) is 10.8 Å². The van der Waals surface area contributed by atoms with Crippen LogP contribution >= 0.6 is 0 Å². The van der Waals surface area contributed by atoms with Crippen molar-refractivity contribution in [2.75, 3.05) is 19.6 Å². The maximum atomic E-state index is 10.7. The smallest absolute Gasteiger partial charge is 0.407 e. The summed E-state index contributed by atoms with van der Waals surface area (Å²) in [5, 5.41) is 8.80. The van der Waals surface area contributed by atoms with Gasteiger partial charge in [-0.1, -0.05) is 0 Å². The van der Waals surface area contributed by atoms with E-state index in [-0.39, 0.29) is 0 Å². The molecular weight excluding hydrogens is 180 g/mol. The van der Waals surface area contributed by atoms with Gasteiger partial charge in [-0.15, -0.1) is 0 Å². The van der Waals surface area contributed by atoms with Gasteiger partial charge in [0.1, 0.15) is 0 Å². The molecule has 0 aromatic carbocycles. The first-order valence-corrected chi connectivity index (χ1v) is 5.33. The second-order valence-corrected chi connectivity index (χ2v) is 4.78. The summed E-state index contributed by atoms with van der Waals surface area (Å²) < 4.78 is 0. The Kier molecular flexibility index (Phi) is 2.39. The third kappa shape index (κ3) is 1.59. The maximum Gasteiger partial charge on any atom is 0.407 e. The topological polar surface area (TPSA) is 66.6 Å². The molecule has 0 radical (unpaired) electrons. The number of carboxylic acid groups (broad SMARTS) is 1. The summed E-state index contributed by atoms with van der Waals surface area (Å²) in [6, 6.07) is 0. The molecule has 4 nitrogen and oxygen atoms in total. The van der Waals surface area contributed by atoms with Crippen LogP contribution < -0.4 is 5.73 Å². The number of likely N-dealkylation sites (tertiary alicyclic amines) is 1. The minimum absolute atomic E-state index is 0.454. The summed E-state index contributed by atoms with van der Waals surface area (Å²) in [5.41, 5.74) is 6.05. The molecule has 2 rings (SSSR count). The Balaban J connectivity index is 1.82. The largest absolute Gasteiger partial charge is 0.465 e. The molecular formula is C10H18N2O2. The Hall–Kier alpha value is -0.770. The van der Waals surface area contributed by atoms with Crippen LogP contribution in [0.1, 0.15) is 25.7 Å². The summed E-state index contributed by atoms with van der Waals surface area (Å²) in [4.78, 5) is 12.2. The molecule has 1 saturated heterocycles. The maximum absolute atomic E-state index is 10.7. The van der Waals surface area contributed by atoms with Crippen molar-refractivity contribution in [3.05, 3.63) is 0 Å². The highest BCUT2D eigenvalue weighted by atomic mass is 16.4. The Morgan fingerprint density at radius 3 is 2.43 bits per heavy atom. The van der Waals surface area contributed by atoms with Crippen molar-refractivity contribution < 1.29 is 9.90 Å². The summed E-state index contributed by atoms with van der Waals surface area (Å²) in [5.74, 6) is 0.700. The number of carbonyl (C=O) groups is 1. The minimum Gasteiger partial charge on any atom is -0.465 e. The Morgan fingerprint density at radius 2 is 2.00 bits per heavy atom. The first-order valence-electron chi connectivity index (χ1n) is 5.33. The fourth-order valence-corrected chi connectivity index (χ4v) is 2.91. The molecule has 1 amide bonds. The minimum atomic E-state index is -0.769. The predicted molar refractivity (Wildman–Crippen MR) is 53.0 cm³/mol. The normalized spacial score (nSPS) is 26.2. The van der Waals surface area contributed by atoms with Gasteiger partial charge in [-0.2, -0.15) is 0 Å². The average Bonchev–Trinajstić information content (AvgIpc) is 2.14. The summed E-state index contributed by atoms with van der Waals surface area (Å²) in [7, 11) is 0. The van der Waals surface area contributed by atoms with Gasteiger partial charge in [-0.25, -0.2) is 4.79 Å². The van der Waals surface area contributed by atoms with Gasteiger partial charge in [0.15, 0.2) is 0 Å². The van der Waals surface area contributed by atoms with Crippen LogP contribution in [0.15, 0.2) is 0 Å². The number of rotatable bonds is 1. The molecule has 1 aliphatic heterocycles. The fourth-order valence-electron chi connectivity index (χ4n) is 2.91. The Labute approximate surface area is 84.1 Å². The van der Waals surface area contributed by atoms with Crippen molar-refractivity contribution in [2.24, 2.45) is 17.1 Å². The van der Waals surface area contributed by atoms with Gasteiger partial charge in [0.2, 0.25) is 0 Å². The molecule has 0 unspecified atom stereocenters. The van der Waals surface area contributed by atoms with Crippen LogP contribution in [0.3, 0.4) is 0 Å². The van der Waals surface area contributed by atoms with Gasteiger partial charge in [0.25, 0.3) is 0 Å². The van der Waals surface area contributed by atoms with E-state index < -0.39 is 6.09 Å². The Bertz CT molecular complexity index is 226. The number of hydrogen-bond acceptors (Lipinski definition) is 2. The second-order valence-electron chi connectivity index (χ2n) is 4.78. The summed E-state index contributed by atoms with van der Waals surface area (Å²) in [6.45, 7) is 2.23. The molecule has 1 aliphatic carbocycles. The first-order chi connectivity index (χ1) is 6.65. The van der Waals surface area contributed by atoms with Crippen molar-refractivity contribution in [2.45, 2.75) is 25.7 Å². The summed E-state index contributed by atoms with van der Waals surface area (Å²) >= 11 is 0. The molecule has 3 N–H and O–H groups in total. The molecule has 1 saturated carbocycles. The molecule has 0 bridgehead atoms. The number of piperidine rings is 1. The highest BCUT2D eigenvalue weighted by Gasteiger charge is 2.45. The fraction of sp³-hybridized carbons (Fsp3) is 0.900. The number of nitrogens with zero attached hydrogens (tertiary/aromatic N) is 1. The molecule has 1 heterocycles. The van der Waals surface area contributed by atoms with Gasteiger partial charge in [-0.05, 0) is 43.6 Å². The lowest BCUT2D eigenvalue weighted by atomic mass is 9.57. The van der Waals surface area contributed by atoms with Gasteiger partial charge >= 0.3 is 6.09 Å². The number of nitrogens with two attached hydrogens (primary N) is 1. The predicted octanol–water partition coefficient (Wildman–Crippen LogP) is 1.12. The number of amides is 1. The third-order valence-corrected chi connectivity index (χ3v) is 3.87. The zero-order chi connectivity index (χ0) is 10.2. The molecule has 0 aromatic heterocycles. The lowest BCUT2D eigenvalue weighted by Gasteiger charge is -2.51. The standard InChI is InChI=1S/C10H18N2O2/c11-7-8-5-10(6-8)1-3-12(4-2-10)9(13)14/h8H,1-7,11H2,(H,13,14). The molecule has 0 atom stereocenters. The van der Waals surface area contributed by atoms with Crippen molar-refractivity contribution in [3.8, 4) is 0 Å². The lowest BCUT2D eigenvalue weighted by molar-refractivity contribution is -0.00518. The van der Waals surface area contributed by atoms with Crippen LogP contribution in [0.2, 0.25) is 0 Å². The van der Waals surface area contributed by atoms with Crippen molar-refractivity contribution >= 4 is 6.09 Å². The van der Waals surface area contributed by atoms with Gasteiger partial charge in [-0.3, -0.25) is 0 Å². The van der Waals surface area contributed by atoms with Gasteiger partial charge in [0.05, 0.1) is 0 Å². The van der Waals surface area contributed by atoms with Crippen molar-refractivity contribution in [1.29, 1.82) is 0 Å². The SMILES string of the molecule is NCC1CC2(CCN(C(=O)O)CC2)C1. The Morgan fingerprint density at radius 1 is 1.43 bits per heavy atom. The van der Waals surface area contributed by atoms with Gasteiger partial charge in [0, 0.05) is 13.1 Å². The molecule has 0 aromatic rings. The molecule has 2 aliphatic rings. The molecule has 2 fully saturated rings. The third-order valence-electron chi connectivity index (χ3n) is 3.87. The van der Waals surface area contributed by atoms with E-state index in [1.807, 2.05) is 0 Å². The zero-order valence-electron chi connectivity index (χ0n) is 8.41. The monoisotopic (exact) mass is 198 g/mol. The highest BCUT2D eigenvalue weighted by Crippen LogP contribution is 2.52. The van der Waals surface area contributed by atoms with E-state index in [0.717, 1.165) is 19.4 Å². The number of hydrogen-bond donors (Lipinski definition) is 2. The van der Waals surface area contributed by atoms with E-state index in [9.17, 15) is 4.79 Å². The molecule has 80 valence electrons. The van der Waals surface area contributed by atoms with Crippen LogP contribution in [0.25, 0.3) is 0 Å².